The minimum atomic E-state index is -0.259. The molecule has 0 aliphatic rings. The number of hydrogen-bond donors (Lipinski definition) is 1. The Balaban J connectivity index is 2.01. The summed E-state index contributed by atoms with van der Waals surface area (Å²) in [7, 11) is 1.92. The number of hydrogen-bond acceptors (Lipinski definition) is 2. The van der Waals surface area contributed by atoms with Gasteiger partial charge in [-0.25, -0.2) is 4.39 Å². The lowest BCUT2D eigenvalue weighted by atomic mass is 10.1. The molecule has 0 aromatic heterocycles. The second-order valence-corrected chi connectivity index (χ2v) is 5.05. The summed E-state index contributed by atoms with van der Waals surface area (Å²) in [6, 6.07) is 12.2. The second-order valence-electron chi connectivity index (χ2n) is 4.20. The molecular formula is C15H15BrFNO. The monoisotopic (exact) mass is 323 g/mol. The normalized spacial score (nSPS) is 10.5. The van der Waals surface area contributed by atoms with E-state index in [2.05, 4.69) is 33.4 Å². The van der Waals surface area contributed by atoms with Gasteiger partial charge in [-0.2, -0.15) is 0 Å². The molecule has 0 heterocycles. The highest BCUT2D eigenvalue weighted by molar-refractivity contribution is 9.10. The van der Waals surface area contributed by atoms with Gasteiger partial charge in [-0.05, 0) is 42.9 Å². The molecule has 0 radical (unpaired) electrons. The number of ether oxygens (including phenoxy) is 1. The molecule has 0 spiro atoms. The highest BCUT2D eigenvalue weighted by atomic mass is 79.9. The molecule has 100 valence electrons. The molecule has 0 bridgehead atoms. The average Bonchev–Trinajstić information content (AvgIpc) is 2.40. The zero-order valence-electron chi connectivity index (χ0n) is 10.6. The number of halogens is 2. The predicted molar refractivity (Wildman–Crippen MR) is 77.6 cm³/mol. The lowest BCUT2D eigenvalue weighted by Crippen LogP contribution is -2.05. The maximum Gasteiger partial charge on any atom is 0.123 e. The highest BCUT2D eigenvalue weighted by Gasteiger charge is 2.03. The van der Waals surface area contributed by atoms with Crippen molar-refractivity contribution in [3.05, 3.63) is 63.9 Å². The fourth-order valence-corrected chi connectivity index (χ4v) is 2.25. The Morgan fingerprint density at radius 2 is 1.89 bits per heavy atom. The van der Waals surface area contributed by atoms with E-state index in [-0.39, 0.29) is 5.82 Å². The van der Waals surface area contributed by atoms with E-state index in [9.17, 15) is 4.39 Å². The van der Waals surface area contributed by atoms with Crippen molar-refractivity contribution in [2.75, 3.05) is 7.05 Å². The molecule has 2 rings (SSSR count). The molecule has 1 N–H and O–H groups in total. The highest BCUT2D eigenvalue weighted by Crippen LogP contribution is 2.21. The summed E-state index contributed by atoms with van der Waals surface area (Å²) >= 11 is 3.53. The molecule has 0 amide bonds. The first kappa shape index (κ1) is 14.0. The Kier molecular flexibility index (Phi) is 4.93. The van der Waals surface area contributed by atoms with E-state index in [1.54, 1.807) is 12.1 Å². The topological polar surface area (TPSA) is 21.3 Å². The van der Waals surface area contributed by atoms with E-state index in [1.165, 1.54) is 17.7 Å². The van der Waals surface area contributed by atoms with Gasteiger partial charge in [0.25, 0.3) is 0 Å². The van der Waals surface area contributed by atoms with Crippen molar-refractivity contribution in [1.29, 1.82) is 0 Å². The third-order valence-electron chi connectivity index (χ3n) is 2.71. The molecule has 2 aromatic carbocycles. The smallest absolute Gasteiger partial charge is 0.123 e. The summed E-state index contributed by atoms with van der Waals surface area (Å²) < 4.78 is 19.4. The van der Waals surface area contributed by atoms with Gasteiger partial charge in [0, 0.05) is 16.6 Å². The average molecular weight is 324 g/mol. The number of benzene rings is 2. The SMILES string of the molecule is CNCc1ccc(COc2ccc(F)cc2)c(Br)c1. The van der Waals surface area contributed by atoms with Gasteiger partial charge in [0.1, 0.15) is 18.2 Å². The van der Waals surface area contributed by atoms with Gasteiger partial charge >= 0.3 is 0 Å². The molecule has 0 aliphatic heterocycles. The minimum Gasteiger partial charge on any atom is -0.489 e. The van der Waals surface area contributed by atoms with Crippen molar-refractivity contribution >= 4 is 15.9 Å². The van der Waals surface area contributed by atoms with Crippen LogP contribution in [0.2, 0.25) is 0 Å². The molecule has 0 atom stereocenters. The first-order valence-electron chi connectivity index (χ1n) is 5.99. The molecule has 4 heteroatoms. The number of rotatable bonds is 5. The molecule has 2 aromatic rings. The summed E-state index contributed by atoms with van der Waals surface area (Å²) in [5.41, 5.74) is 2.27. The summed E-state index contributed by atoms with van der Waals surface area (Å²) in [4.78, 5) is 0. The first-order valence-corrected chi connectivity index (χ1v) is 6.78. The Morgan fingerprint density at radius 1 is 1.16 bits per heavy atom. The van der Waals surface area contributed by atoms with Gasteiger partial charge in [0.2, 0.25) is 0 Å². The van der Waals surface area contributed by atoms with Crippen molar-refractivity contribution in [2.24, 2.45) is 0 Å². The lowest BCUT2D eigenvalue weighted by molar-refractivity contribution is 0.305. The molecule has 0 saturated carbocycles. The quantitative estimate of drug-likeness (QED) is 0.901. The van der Waals surface area contributed by atoms with Gasteiger partial charge in [-0.3, -0.25) is 0 Å². The lowest BCUT2D eigenvalue weighted by Gasteiger charge is -2.09. The molecular weight excluding hydrogens is 309 g/mol. The summed E-state index contributed by atoms with van der Waals surface area (Å²) in [5, 5.41) is 3.11. The third-order valence-corrected chi connectivity index (χ3v) is 3.44. The van der Waals surface area contributed by atoms with Crippen molar-refractivity contribution < 1.29 is 9.13 Å². The zero-order chi connectivity index (χ0) is 13.7. The van der Waals surface area contributed by atoms with Gasteiger partial charge in [0.15, 0.2) is 0 Å². The van der Waals surface area contributed by atoms with E-state index in [0.717, 1.165) is 16.6 Å². The molecule has 2 nitrogen and oxygen atoms in total. The Hall–Kier alpha value is -1.39. The van der Waals surface area contributed by atoms with E-state index >= 15 is 0 Å². The number of nitrogens with one attached hydrogen (secondary N) is 1. The van der Waals surface area contributed by atoms with Crippen LogP contribution in [0.15, 0.2) is 46.9 Å². The molecule has 0 fully saturated rings. The second kappa shape index (κ2) is 6.68. The minimum absolute atomic E-state index is 0.259. The van der Waals surface area contributed by atoms with Gasteiger partial charge in [-0.1, -0.05) is 28.1 Å². The molecule has 0 saturated heterocycles. The van der Waals surface area contributed by atoms with Crippen molar-refractivity contribution in [3.8, 4) is 5.75 Å². The zero-order valence-corrected chi connectivity index (χ0v) is 12.2. The van der Waals surface area contributed by atoms with E-state index in [1.807, 2.05) is 13.1 Å². The Labute approximate surface area is 120 Å². The fraction of sp³-hybridized carbons (Fsp3) is 0.200. The van der Waals surface area contributed by atoms with Crippen LogP contribution in [0.5, 0.6) is 5.75 Å². The van der Waals surface area contributed by atoms with Gasteiger partial charge in [-0.15, -0.1) is 0 Å². The van der Waals surface area contributed by atoms with Crippen LogP contribution >= 0.6 is 15.9 Å². The summed E-state index contributed by atoms with van der Waals surface area (Å²) in [6.07, 6.45) is 0. The largest absolute Gasteiger partial charge is 0.489 e. The Bertz CT molecular complexity index is 542. The van der Waals surface area contributed by atoms with Crippen molar-refractivity contribution in [3.63, 3.8) is 0 Å². The maximum atomic E-state index is 12.8. The van der Waals surface area contributed by atoms with Gasteiger partial charge in [0.05, 0.1) is 0 Å². The fourth-order valence-electron chi connectivity index (χ4n) is 1.71. The van der Waals surface area contributed by atoms with Crippen LogP contribution in [0.25, 0.3) is 0 Å². The first-order chi connectivity index (χ1) is 9.19. The van der Waals surface area contributed by atoms with Crippen LogP contribution in [-0.4, -0.2) is 7.05 Å². The van der Waals surface area contributed by atoms with E-state index in [0.29, 0.717) is 12.4 Å². The van der Waals surface area contributed by atoms with Gasteiger partial charge < -0.3 is 10.1 Å². The van der Waals surface area contributed by atoms with E-state index < -0.39 is 0 Å². The van der Waals surface area contributed by atoms with Crippen LogP contribution in [-0.2, 0) is 13.2 Å². The summed E-state index contributed by atoms with van der Waals surface area (Å²) in [6.45, 7) is 1.28. The van der Waals surface area contributed by atoms with Crippen molar-refractivity contribution in [2.45, 2.75) is 13.2 Å². The standard InChI is InChI=1S/C15H15BrFNO/c1-18-9-11-2-3-12(15(16)8-11)10-19-14-6-4-13(17)5-7-14/h2-8,18H,9-10H2,1H3. The maximum absolute atomic E-state index is 12.8. The van der Waals surface area contributed by atoms with Crippen LogP contribution in [0.3, 0.4) is 0 Å². The molecule has 0 aliphatic carbocycles. The van der Waals surface area contributed by atoms with Crippen LogP contribution in [0.4, 0.5) is 4.39 Å². The van der Waals surface area contributed by atoms with E-state index in [4.69, 9.17) is 4.74 Å². The van der Waals surface area contributed by atoms with Crippen LogP contribution in [0, 0.1) is 5.82 Å². The molecule has 19 heavy (non-hydrogen) atoms. The molecule has 0 unspecified atom stereocenters. The Morgan fingerprint density at radius 3 is 2.53 bits per heavy atom. The van der Waals surface area contributed by atoms with Crippen LogP contribution in [0.1, 0.15) is 11.1 Å². The van der Waals surface area contributed by atoms with Crippen LogP contribution < -0.4 is 10.1 Å². The summed E-state index contributed by atoms with van der Waals surface area (Å²) in [5.74, 6) is 0.401. The predicted octanol–water partition coefficient (Wildman–Crippen LogP) is 3.89. The third kappa shape index (κ3) is 4.04. The van der Waals surface area contributed by atoms with Crippen molar-refractivity contribution in [1.82, 2.24) is 5.32 Å².